The van der Waals surface area contributed by atoms with Gasteiger partial charge in [0.25, 0.3) is 0 Å². The van der Waals surface area contributed by atoms with E-state index in [1.54, 1.807) is 16.0 Å². The number of aliphatic hydroxyl groups excluding tert-OH is 1. The second kappa shape index (κ2) is 7.43. The minimum Gasteiger partial charge on any atom is -0.394 e. The smallest absolute Gasteiger partial charge is 0.125 e. The molecule has 0 amide bonds. The third-order valence-corrected chi connectivity index (χ3v) is 4.42. The van der Waals surface area contributed by atoms with Gasteiger partial charge >= 0.3 is 0 Å². The molecule has 2 aromatic rings. The average molecular weight is 318 g/mol. The monoisotopic (exact) mass is 318 g/mol. The Kier molecular flexibility index (Phi) is 5.58. The second-order valence-electron chi connectivity index (χ2n) is 6.01. The fourth-order valence-corrected chi connectivity index (χ4v) is 2.86. The molecule has 0 spiro atoms. The number of nitriles is 1. The van der Waals surface area contributed by atoms with Crippen molar-refractivity contribution in [1.29, 1.82) is 5.26 Å². The van der Waals surface area contributed by atoms with Crippen molar-refractivity contribution in [2.75, 3.05) is 18.5 Å². The van der Waals surface area contributed by atoms with E-state index in [1.165, 1.54) is 0 Å². The molecule has 6 heteroatoms. The van der Waals surface area contributed by atoms with Gasteiger partial charge in [-0.15, -0.1) is 11.3 Å². The molecule has 0 radical (unpaired) electrons. The number of nitrogens with one attached hydrogen (secondary N) is 1. The number of aromatic nitrogens is 2. The first kappa shape index (κ1) is 16.5. The van der Waals surface area contributed by atoms with Crippen LogP contribution in [0.4, 0.5) is 5.82 Å². The predicted molar refractivity (Wildman–Crippen MR) is 89.7 cm³/mol. The summed E-state index contributed by atoms with van der Waals surface area (Å²) in [7, 11) is 0. The summed E-state index contributed by atoms with van der Waals surface area (Å²) in [5.41, 5.74) is 0.952. The van der Waals surface area contributed by atoms with Crippen molar-refractivity contribution in [2.45, 2.75) is 33.2 Å². The molecule has 0 saturated carbocycles. The zero-order chi connectivity index (χ0) is 16.0. The van der Waals surface area contributed by atoms with Crippen molar-refractivity contribution in [1.82, 2.24) is 9.78 Å². The minimum atomic E-state index is 0.0349. The molecule has 5 nitrogen and oxygen atoms in total. The Balaban J connectivity index is 2.10. The topological polar surface area (TPSA) is 73.9 Å². The van der Waals surface area contributed by atoms with Gasteiger partial charge in [0.1, 0.15) is 11.5 Å². The van der Waals surface area contributed by atoms with Crippen LogP contribution in [0.15, 0.2) is 23.6 Å². The Morgan fingerprint density at radius 2 is 2.32 bits per heavy atom. The van der Waals surface area contributed by atoms with Crippen LogP contribution in [0.3, 0.4) is 0 Å². The van der Waals surface area contributed by atoms with Gasteiger partial charge in [-0.2, -0.15) is 10.4 Å². The van der Waals surface area contributed by atoms with E-state index in [9.17, 15) is 5.11 Å². The van der Waals surface area contributed by atoms with Gasteiger partial charge in [-0.3, -0.25) is 0 Å². The van der Waals surface area contributed by atoms with E-state index >= 15 is 0 Å². The van der Waals surface area contributed by atoms with Gasteiger partial charge < -0.3 is 10.4 Å². The summed E-state index contributed by atoms with van der Waals surface area (Å²) >= 11 is 1.65. The fourth-order valence-electron chi connectivity index (χ4n) is 2.18. The summed E-state index contributed by atoms with van der Waals surface area (Å²) in [6, 6.07) is 8.26. The first-order chi connectivity index (χ1) is 10.6. The molecule has 2 aromatic heterocycles. The quantitative estimate of drug-likeness (QED) is 0.783. The number of anilines is 1. The highest BCUT2D eigenvalue weighted by Crippen LogP contribution is 2.28. The van der Waals surface area contributed by atoms with Crippen LogP contribution in [-0.4, -0.2) is 28.0 Å². The number of nitrogens with zero attached hydrogens (tertiary/aromatic N) is 3. The van der Waals surface area contributed by atoms with E-state index in [1.807, 2.05) is 23.6 Å². The molecular weight excluding hydrogens is 296 g/mol. The molecule has 0 bridgehead atoms. The molecule has 0 aliphatic rings. The molecule has 118 valence electrons. The van der Waals surface area contributed by atoms with Gasteiger partial charge in [0.05, 0.1) is 24.1 Å². The first-order valence-corrected chi connectivity index (χ1v) is 8.27. The van der Waals surface area contributed by atoms with Crippen LogP contribution in [-0.2, 0) is 6.54 Å². The molecule has 0 fully saturated rings. The van der Waals surface area contributed by atoms with Crippen LogP contribution in [0.1, 0.15) is 26.7 Å². The zero-order valence-electron chi connectivity index (χ0n) is 13.0. The summed E-state index contributed by atoms with van der Waals surface area (Å²) in [5.74, 6) is 0.905. The first-order valence-electron chi connectivity index (χ1n) is 7.39. The largest absolute Gasteiger partial charge is 0.394 e. The lowest BCUT2D eigenvalue weighted by molar-refractivity contribution is 0.270. The highest BCUT2D eigenvalue weighted by molar-refractivity contribution is 7.13. The van der Waals surface area contributed by atoms with E-state index in [0.717, 1.165) is 29.4 Å². The van der Waals surface area contributed by atoms with E-state index in [2.05, 4.69) is 30.3 Å². The third kappa shape index (κ3) is 4.33. The molecule has 22 heavy (non-hydrogen) atoms. The van der Waals surface area contributed by atoms with Crippen LogP contribution >= 0.6 is 11.3 Å². The van der Waals surface area contributed by atoms with Crippen LogP contribution in [0.5, 0.6) is 0 Å². The minimum absolute atomic E-state index is 0.0349. The maximum absolute atomic E-state index is 9.21. The second-order valence-corrected chi connectivity index (χ2v) is 6.96. The standard InChI is InChI=1S/C16H22N4OS/c1-16(2,6-4-7-17)12-18-15-11-13(14-5-3-10-22-14)19-20(15)8-9-21/h3,5,10-11,18,21H,4,6,8-9,12H2,1-2H3. The van der Waals surface area contributed by atoms with Crippen LogP contribution in [0.2, 0.25) is 0 Å². The molecule has 0 aliphatic heterocycles. The molecule has 0 unspecified atom stereocenters. The number of rotatable bonds is 8. The Labute approximate surface area is 135 Å². The molecular formula is C16H22N4OS. The SMILES string of the molecule is CC(C)(CCC#N)CNc1cc(-c2cccs2)nn1CCO. The van der Waals surface area contributed by atoms with Crippen LogP contribution in [0.25, 0.3) is 10.6 Å². The summed E-state index contributed by atoms with van der Waals surface area (Å²) in [4.78, 5) is 1.11. The van der Waals surface area contributed by atoms with Crippen LogP contribution in [0, 0.1) is 16.7 Å². The highest BCUT2D eigenvalue weighted by atomic mass is 32.1. The van der Waals surface area contributed by atoms with Crippen molar-refractivity contribution in [3.8, 4) is 16.6 Å². The van der Waals surface area contributed by atoms with Gasteiger partial charge in [-0.25, -0.2) is 4.68 Å². The summed E-state index contributed by atoms with van der Waals surface area (Å²) in [6.45, 7) is 5.56. The lowest BCUT2D eigenvalue weighted by atomic mass is 9.88. The molecule has 0 aliphatic carbocycles. The molecule has 2 heterocycles. The highest BCUT2D eigenvalue weighted by Gasteiger charge is 2.18. The Hall–Kier alpha value is -1.84. The van der Waals surface area contributed by atoms with Crippen molar-refractivity contribution in [2.24, 2.45) is 5.41 Å². The van der Waals surface area contributed by atoms with Crippen molar-refractivity contribution >= 4 is 17.2 Å². The lowest BCUT2D eigenvalue weighted by Crippen LogP contribution is -2.24. The molecule has 0 saturated heterocycles. The number of hydrogen-bond donors (Lipinski definition) is 2. The fraction of sp³-hybridized carbons (Fsp3) is 0.500. The van der Waals surface area contributed by atoms with Gasteiger partial charge in [0, 0.05) is 19.0 Å². The summed E-state index contributed by atoms with van der Waals surface area (Å²) in [6.07, 6.45) is 1.41. The Morgan fingerprint density at radius 1 is 1.50 bits per heavy atom. The van der Waals surface area contributed by atoms with E-state index in [0.29, 0.717) is 13.0 Å². The van der Waals surface area contributed by atoms with Crippen molar-refractivity contribution < 1.29 is 5.11 Å². The number of aliphatic hydroxyl groups is 1. The van der Waals surface area contributed by atoms with Gasteiger partial charge in [-0.1, -0.05) is 19.9 Å². The van der Waals surface area contributed by atoms with Gasteiger partial charge in [0.2, 0.25) is 0 Å². The van der Waals surface area contributed by atoms with Crippen molar-refractivity contribution in [3.05, 3.63) is 23.6 Å². The number of hydrogen-bond acceptors (Lipinski definition) is 5. The summed E-state index contributed by atoms with van der Waals surface area (Å²) in [5, 5.41) is 27.9. The Bertz CT molecular complexity index is 625. The average Bonchev–Trinajstić information content (AvgIpc) is 3.13. The third-order valence-electron chi connectivity index (χ3n) is 3.53. The molecule has 0 atom stereocenters. The zero-order valence-corrected chi connectivity index (χ0v) is 13.9. The normalized spacial score (nSPS) is 11.4. The van der Waals surface area contributed by atoms with Crippen molar-refractivity contribution in [3.63, 3.8) is 0 Å². The van der Waals surface area contributed by atoms with E-state index in [-0.39, 0.29) is 12.0 Å². The van der Waals surface area contributed by atoms with Gasteiger partial charge in [-0.05, 0) is 23.3 Å². The molecule has 2 N–H and O–H groups in total. The summed E-state index contributed by atoms with van der Waals surface area (Å²) < 4.78 is 1.80. The molecule has 0 aromatic carbocycles. The predicted octanol–water partition coefficient (Wildman–Crippen LogP) is 3.35. The maximum Gasteiger partial charge on any atom is 0.125 e. The van der Waals surface area contributed by atoms with Gasteiger partial charge in [0.15, 0.2) is 0 Å². The lowest BCUT2D eigenvalue weighted by Gasteiger charge is -2.24. The Morgan fingerprint density at radius 3 is 2.95 bits per heavy atom. The maximum atomic E-state index is 9.21. The number of thiophene rings is 1. The van der Waals surface area contributed by atoms with E-state index < -0.39 is 0 Å². The van der Waals surface area contributed by atoms with E-state index in [4.69, 9.17) is 5.26 Å². The van der Waals surface area contributed by atoms with Crippen LogP contribution < -0.4 is 5.32 Å². The molecule has 2 rings (SSSR count).